The van der Waals surface area contributed by atoms with E-state index in [0.717, 1.165) is 34.6 Å². The minimum Gasteiger partial charge on any atom is -0.309 e. The van der Waals surface area contributed by atoms with Gasteiger partial charge in [-0.3, -0.25) is 4.68 Å². The van der Waals surface area contributed by atoms with Crippen molar-refractivity contribution in [3.05, 3.63) is 37.2 Å². The van der Waals surface area contributed by atoms with E-state index < -0.39 is 0 Å². The molecule has 0 amide bonds. The molecular formula is C14H19BrClN3S. The lowest BCUT2D eigenvalue weighted by atomic mass is 10.1. The molecule has 2 aromatic heterocycles. The van der Waals surface area contributed by atoms with Crippen LogP contribution in [0.1, 0.15) is 35.7 Å². The molecule has 0 saturated heterocycles. The van der Waals surface area contributed by atoms with E-state index in [1.807, 2.05) is 30.1 Å². The van der Waals surface area contributed by atoms with Crippen molar-refractivity contribution in [3.63, 3.8) is 0 Å². The summed E-state index contributed by atoms with van der Waals surface area (Å²) in [5, 5.41) is 10.9. The number of hydrogen-bond donors (Lipinski definition) is 1. The molecule has 0 aliphatic heterocycles. The number of aryl methyl sites for hydroxylation is 2. The average Bonchev–Trinajstić information content (AvgIpc) is 2.93. The van der Waals surface area contributed by atoms with Crippen LogP contribution < -0.4 is 5.32 Å². The zero-order valence-electron chi connectivity index (χ0n) is 11.9. The summed E-state index contributed by atoms with van der Waals surface area (Å²) in [5.41, 5.74) is 2.22. The second kappa shape index (κ2) is 7.07. The Morgan fingerprint density at radius 1 is 1.55 bits per heavy atom. The van der Waals surface area contributed by atoms with Crippen molar-refractivity contribution in [1.29, 1.82) is 0 Å². The number of hydrogen-bond acceptors (Lipinski definition) is 3. The summed E-state index contributed by atoms with van der Waals surface area (Å²) in [4.78, 5) is 1.20. The maximum absolute atomic E-state index is 6.30. The summed E-state index contributed by atoms with van der Waals surface area (Å²) in [7, 11) is 1.99. The normalized spacial score (nSPS) is 12.8. The summed E-state index contributed by atoms with van der Waals surface area (Å²) in [5.74, 6) is 0. The Balaban J connectivity index is 2.26. The molecule has 1 unspecified atom stereocenters. The van der Waals surface area contributed by atoms with Crippen LogP contribution >= 0.6 is 38.9 Å². The quantitative estimate of drug-likeness (QED) is 0.805. The summed E-state index contributed by atoms with van der Waals surface area (Å²) in [6.07, 6.45) is 1.98. The van der Waals surface area contributed by atoms with Crippen molar-refractivity contribution < 1.29 is 0 Å². The van der Waals surface area contributed by atoms with Crippen LogP contribution in [0.4, 0.5) is 0 Å². The minimum absolute atomic E-state index is 0.230. The smallest absolute Gasteiger partial charge is 0.0738 e. The average molecular weight is 377 g/mol. The maximum Gasteiger partial charge on any atom is 0.0738 e. The van der Waals surface area contributed by atoms with Gasteiger partial charge in [0.05, 0.1) is 20.9 Å². The highest BCUT2D eigenvalue weighted by Gasteiger charge is 2.20. The van der Waals surface area contributed by atoms with Crippen molar-refractivity contribution in [2.45, 2.75) is 32.7 Å². The number of halogens is 2. The SMILES string of the molecule is CCCNC(Cc1c(Br)c(C)nn1C)c1sccc1Cl. The van der Waals surface area contributed by atoms with Crippen LogP contribution in [-0.2, 0) is 13.5 Å². The van der Waals surface area contributed by atoms with Crippen LogP contribution in [0, 0.1) is 6.92 Å². The molecule has 0 spiro atoms. The fourth-order valence-electron chi connectivity index (χ4n) is 2.23. The Hall–Kier alpha value is -0.360. The Morgan fingerprint density at radius 2 is 2.30 bits per heavy atom. The van der Waals surface area contributed by atoms with Gasteiger partial charge in [-0.05, 0) is 47.3 Å². The van der Waals surface area contributed by atoms with Crippen molar-refractivity contribution in [3.8, 4) is 0 Å². The molecule has 3 nitrogen and oxygen atoms in total. The molecule has 20 heavy (non-hydrogen) atoms. The largest absolute Gasteiger partial charge is 0.309 e. The van der Waals surface area contributed by atoms with Crippen molar-refractivity contribution in [1.82, 2.24) is 15.1 Å². The number of nitrogens with one attached hydrogen (secondary N) is 1. The van der Waals surface area contributed by atoms with Crippen LogP contribution in [0.15, 0.2) is 15.9 Å². The number of thiophene rings is 1. The van der Waals surface area contributed by atoms with Gasteiger partial charge in [-0.25, -0.2) is 0 Å². The summed E-state index contributed by atoms with van der Waals surface area (Å²) in [6, 6.07) is 2.19. The lowest BCUT2D eigenvalue weighted by Crippen LogP contribution is -2.24. The molecule has 2 heterocycles. The van der Waals surface area contributed by atoms with Gasteiger partial charge in [0.25, 0.3) is 0 Å². The minimum atomic E-state index is 0.230. The monoisotopic (exact) mass is 375 g/mol. The van der Waals surface area contributed by atoms with E-state index in [9.17, 15) is 0 Å². The van der Waals surface area contributed by atoms with Gasteiger partial charge >= 0.3 is 0 Å². The highest BCUT2D eigenvalue weighted by molar-refractivity contribution is 9.10. The van der Waals surface area contributed by atoms with Gasteiger partial charge < -0.3 is 5.32 Å². The molecule has 6 heteroatoms. The van der Waals surface area contributed by atoms with Crippen LogP contribution in [0.5, 0.6) is 0 Å². The van der Waals surface area contributed by atoms with Crippen LogP contribution in [0.2, 0.25) is 5.02 Å². The Bertz CT molecular complexity index is 579. The molecule has 2 rings (SSSR count). The summed E-state index contributed by atoms with van der Waals surface area (Å²) < 4.78 is 3.04. The van der Waals surface area contributed by atoms with Gasteiger partial charge in [-0.2, -0.15) is 5.10 Å². The molecular weight excluding hydrogens is 358 g/mol. The molecule has 0 saturated carbocycles. The van der Waals surface area contributed by atoms with E-state index in [4.69, 9.17) is 11.6 Å². The van der Waals surface area contributed by atoms with Crippen LogP contribution in [-0.4, -0.2) is 16.3 Å². The fourth-order valence-corrected chi connectivity index (χ4v) is 3.99. The van der Waals surface area contributed by atoms with E-state index in [1.54, 1.807) is 11.3 Å². The van der Waals surface area contributed by atoms with E-state index in [2.05, 4.69) is 33.3 Å². The van der Waals surface area contributed by atoms with E-state index >= 15 is 0 Å². The third-order valence-corrected chi connectivity index (χ3v) is 5.76. The molecule has 1 N–H and O–H groups in total. The second-order valence-corrected chi connectivity index (χ2v) is 6.96. The Kier molecular flexibility index (Phi) is 5.66. The highest BCUT2D eigenvalue weighted by Crippen LogP contribution is 2.32. The fraction of sp³-hybridized carbons (Fsp3) is 0.500. The van der Waals surface area contributed by atoms with Gasteiger partial charge in [0, 0.05) is 24.4 Å². The lowest BCUT2D eigenvalue weighted by Gasteiger charge is -2.18. The molecule has 0 radical (unpaired) electrons. The van der Waals surface area contributed by atoms with Crippen LogP contribution in [0.3, 0.4) is 0 Å². The summed E-state index contributed by atoms with van der Waals surface area (Å²) in [6.45, 7) is 5.16. The van der Waals surface area contributed by atoms with Crippen molar-refractivity contribution >= 4 is 38.9 Å². The predicted octanol–water partition coefficient (Wildman–Crippen LogP) is 4.49. The number of aromatic nitrogens is 2. The molecule has 110 valence electrons. The molecule has 1 atom stereocenters. The van der Waals surface area contributed by atoms with Gasteiger partial charge in [0.15, 0.2) is 0 Å². The topological polar surface area (TPSA) is 29.9 Å². The van der Waals surface area contributed by atoms with Gasteiger partial charge in [-0.1, -0.05) is 18.5 Å². The highest BCUT2D eigenvalue weighted by atomic mass is 79.9. The first-order valence-electron chi connectivity index (χ1n) is 6.68. The Morgan fingerprint density at radius 3 is 2.80 bits per heavy atom. The van der Waals surface area contributed by atoms with E-state index in [0.29, 0.717) is 0 Å². The third-order valence-electron chi connectivity index (χ3n) is 3.26. The maximum atomic E-state index is 6.30. The number of rotatable bonds is 6. The van der Waals surface area contributed by atoms with Crippen LogP contribution in [0.25, 0.3) is 0 Å². The first-order valence-corrected chi connectivity index (χ1v) is 8.73. The molecule has 0 aromatic carbocycles. The Labute approximate surface area is 137 Å². The molecule has 0 fully saturated rings. The van der Waals surface area contributed by atoms with Crippen molar-refractivity contribution in [2.75, 3.05) is 6.54 Å². The molecule has 0 aliphatic carbocycles. The standard InChI is InChI=1S/C14H19BrClN3S/c1-4-6-17-11(14-10(16)5-7-20-14)8-12-13(15)9(2)18-19(12)3/h5,7,11,17H,4,6,8H2,1-3H3. The zero-order chi connectivity index (χ0) is 14.7. The first-order chi connectivity index (χ1) is 9.54. The lowest BCUT2D eigenvalue weighted by molar-refractivity contribution is 0.518. The molecule has 0 aliphatic rings. The second-order valence-electron chi connectivity index (χ2n) is 4.81. The number of nitrogens with zero attached hydrogens (tertiary/aromatic N) is 2. The molecule has 0 bridgehead atoms. The summed E-state index contributed by atoms with van der Waals surface area (Å²) >= 11 is 11.6. The molecule has 2 aromatic rings. The van der Waals surface area contributed by atoms with E-state index in [-0.39, 0.29) is 6.04 Å². The van der Waals surface area contributed by atoms with Gasteiger partial charge in [0.2, 0.25) is 0 Å². The van der Waals surface area contributed by atoms with Gasteiger partial charge in [0.1, 0.15) is 0 Å². The predicted molar refractivity (Wildman–Crippen MR) is 89.7 cm³/mol. The van der Waals surface area contributed by atoms with Gasteiger partial charge in [-0.15, -0.1) is 11.3 Å². The van der Waals surface area contributed by atoms with Crippen molar-refractivity contribution in [2.24, 2.45) is 7.05 Å². The third kappa shape index (κ3) is 3.45. The first kappa shape index (κ1) is 16.0. The van der Waals surface area contributed by atoms with E-state index in [1.165, 1.54) is 10.6 Å². The zero-order valence-corrected chi connectivity index (χ0v) is 15.1.